The highest BCUT2D eigenvalue weighted by Gasteiger charge is 2.36. The Morgan fingerprint density at radius 1 is 0.590 bits per heavy atom. The number of aryl methyl sites for hydroxylation is 2. The number of para-hydroxylation sites is 2. The summed E-state index contributed by atoms with van der Waals surface area (Å²) in [7, 11) is -1.62. The average molecular weight is 538 g/mol. The number of anilines is 2. The molecule has 0 amide bonds. The van der Waals surface area contributed by atoms with Crippen molar-refractivity contribution < 1.29 is 9.05 Å². The minimum absolute atomic E-state index is 0.0906. The highest BCUT2D eigenvalue weighted by molar-refractivity contribution is 7.50. The first-order chi connectivity index (χ1) is 18.4. The van der Waals surface area contributed by atoms with E-state index in [0.717, 1.165) is 29.3 Å². The van der Waals surface area contributed by atoms with Gasteiger partial charge < -0.3 is 9.05 Å². The fourth-order valence-electron chi connectivity index (χ4n) is 5.23. The number of hydrogen-bond donors (Lipinski definition) is 0. The van der Waals surface area contributed by atoms with Gasteiger partial charge in [-0.3, -0.25) is 4.67 Å². The van der Waals surface area contributed by atoms with Gasteiger partial charge in [-0.1, -0.05) is 113 Å². The molecule has 202 valence electrons. The molecule has 0 bridgehead atoms. The Balaban J connectivity index is 1.81. The van der Waals surface area contributed by atoms with E-state index in [1.807, 2.05) is 12.1 Å². The van der Waals surface area contributed by atoms with Crippen molar-refractivity contribution in [3.05, 3.63) is 118 Å². The molecule has 0 N–H and O–H groups in total. The van der Waals surface area contributed by atoms with Gasteiger partial charge >= 0.3 is 8.53 Å². The molecule has 1 aliphatic heterocycles. The Hall–Kier alpha value is -3.29. The van der Waals surface area contributed by atoms with Crippen LogP contribution in [0.5, 0.6) is 11.5 Å². The van der Waals surface area contributed by atoms with E-state index >= 15 is 0 Å². The van der Waals surface area contributed by atoms with E-state index in [4.69, 9.17) is 9.05 Å². The maximum Gasteiger partial charge on any atom is 0.422 e. The zero-order chi connectivity index (χ0) is 27.9. The minimum Gasteiger partial charge on any atom is -0.422 e. The van der Waals surface area contributed by atoms with E-state index in [1.165, 1.54) is 33.4 Å². The largest absolute Gasteiger partial charge is 0.422 e. The van der Waals surface area contributed by atoms with E-state index in [1.54, 1.807) is 0 Å². The Kier molecular flexibility index (Phi) is 7.25. The molecule has 39 heavy (non-hydrogen) atoms. The molecule has 0 fully saturated rings. The summed E-state index contributed by atoms with van der Waals surface area (Å²) in [6, 6.07) is 30.0. The van der Waals surface area contributed by atoms with Gasteiger partial charge in [0.15, 0.2) is 0 Å². The van der Waals surface area contributed by atoms with E-state index in [0.29, 0.717) is 0 Å². The van der Waals surface area contributed by atoms with E-state index in [9.17, 15) is 0 Å². The van der Waals surface area contributed by atoms with Crippen molar-refractivity contribution in [2.75, 3.05) is 4.67 Å². The third-order valence-corrected chi connectivity index (χ3v) is 8.59. The van der Waals surface area contributed by atoms with Gasteiger partial charge in [0.25, 0.3) is 0 Å². The lowest BCUT2D eigenvalue weighted by atomic mass is 9.81. The fraction of sp³-hybridized carbons (Fsp3) is 0.314. The Morgan fingerprint density at radius 2 is 0.974 bits per heavy atom. The topological polar surface area (TPSA) is 21.7 Å². The second-order valence-corrected chi connectivity index (χ2v) is 13.9. The lowest BCUT2D eigenvalue weighted by molar-refractivity contribution is 0.448. The molecule has 4 aromatic rings. The zero-order valence-electron chi connectivity index (χ0n) is 24.5. The molecule has 3 nitrogen and oxygen atoms in total. The molecule has 1 heterocycles. The van der Waals surface area contributed by atoms with Crippen LogP contribution >= 0.6 is 8.53 Å². The molecule has 0 atom stereocenters. The molecule has 4 heteroatoms. The van der Waals surface area contributed by atoms with Crippen LogP contribution in [-0.4, -0.2) is 0 Å². The van der Waals surface area contributed by atoms with Gasteiger partial charge in [0.2, 0.25) is 0 Å². The summed E-state index contributed by atoms with van der Waals surface area (Å²) < 4.78 is 16.5. The smallest absolute Gasteiger partial charge is 0.422 e. The number of rotatable bonds is 3. The standard InChI is InChI=1S/C35H40NO2P/c1-24-19-26-23-27-20-25(2)22-31(35(6,7)8)33(27)38-39(37-32(26)30(21-24)34(3,4)5)36(28-15-11-9-12-16-28)29-17-13-10-14-18-29/h9-22H,23H2,1-8H3. The second kappa shape index (κ2) is 10.4. The fourth-order valence-corrected chi connectivity index (χ4v) is 6.81. The van der Waals surface area contributed by atoms with Gasteiger partial charge in [-0.15, -0.1) is 0 Å². The van der Waals surface area contributed by atoms with Gasteiger partial charge in [-0.05, 0) is 60.1 Å². The van der Waals surface area contributed by atoms with Gasteiger partial charge in [-0.25, -0.2) is 0 Å². The molecule has 0 spiro atoms. The van der Waals surface area contributed by atoms with Gasteiger partial charge in [0.05, 0.1) is 11.4 Å². The first kappa shape index (κ1) is 27.3. The lowest BCUT2D eigenvalue weighted by Crippen LogP contribution is -2.23. The highest BCUT2D eigenvalue weighted by atomic mass is 31.2. The van der Waals surface area contributed by atoms with Crippen molar-refractivity contribution in [3.63, 3.8) is 0 Å². The summed E-state index contributed by atoms with van der Waals surface area (Å²) in [5, 5.41) is 0. The Labute approximate surface area is 235 Å². The van der Waals surface area contributed by atoms with Crippen LogP contribution in [0.1, 0.15) is 74.9 Å². The summed E-state index contributed by atoms with van der Waals surface area (Å²) in [5.41, 5.74) is 9.23. The van der Waals surface area contributed by atoms with Crippen molar-refractivity contribution in [2.45, 2.75) is 72.6 Å². The van der Waals surface area contributed by atoms with Crippen LogP contribution in [0.25, 0.3) is 0 Å². The number of hydrogen-bond acceptors (Lipinski definition) is 3. The van der Waals surface area contributed by atoms with Crippen LogP contribution in [0.4, 0.5) is 11.4 Å². The molecule has 0 saturated heterocycles. The van der Waals surface area contributed by atoms with Crippen molar-refractivity contribution in [1.82, 2.24) is 0 Å². The zero-order valence-corrected chi connectivity index (χ0v) is 25.4. The van der Waals surface area contributed by atoms with Crippen LogP contribution in [-0.2, 0) is 17.3 Å². The van der Waals surface area contributed by atoms with E-state index in [2.05, 4.69) is 133 Å². The summed E-state index contributed by atoms with van der Waals surface area (Å²) in [6.45, 7) is 17.9. The van der Waals surface area contributed by atoms with E-state index < -0.39 is 8.53 Å². The minimum atomic E-state index is -1.62. The maximum atomic E-state index is 7.14. The Bertz CT molecular complexity index is 1360. The molecule has 5 rings (SSSR count). The van der Waals surface area contributed by atoms with Crippen LogP contribution in [0.3, 0.4) is 0 Å². The highest BCUT2D eigenvalue weighted by Crippen LogP contribution is 2.56. The number of nitrogens with zero attached hydrogens (tertiary/aromatic N) is 1. The lowest BCUT2D eigenvalue weighted by Gasteiger charge is -2.37. The SMILES string of the molecule is Cc1cc2c(c(C(C)(C)C)c1)OP(N(c1ccccc1)c1ccccc1)Oc1c(cc(C)cc1C(C)(C)C)C2. The normalized spacial score (nSPS) is 13.8. The van der Waals surface area contributed by atoms with Crippen LogP contribution in [0.15, 0.2) is 84.9 Å². The van der Waals surface area contributed by atoms with Crippen LogP contribution in [0, 0.1) is 13.8 Å². The maximum absolute atomic E-state index is 7.14. The molecular weight excluding hydrogens is 497 g/mol. The first-order valence-electron chi connectivity index (χ1n) is 13.8. The van der Waals surface area contributed by atoms with Gasteiger partial charge in [0.1, 0.15) is 11.5 Å². The van der Waals surface area contributed by atoms with Gasteiger partial charge in [0, 0.05) is 17.5 Å². The third-order valence-electron chi connectivity index (χ3n) is 7.12. The molecule has 0 aromatic heterocycles. The molecule has 0 unspecified atom stereocenters. The van der Waals surface area contributed by atoms with Crippen molar-refractivity contribution in [3.8, 4) is 11.5 Å². The summed E-state index contributed by atoms with van der Waals surface area (Å²) in [4.78, 5) is 0. The first-order valence-corrected chi connectivity index (χ1v) is 14.9. The van der Waals surface area contributed by atoms with Crippen molar-refractivity contribution in [1.29, 1.82) is 0 Å². The second-order valence-electron chi connectivity index (χ2n) is 12.7. The Morgan fingerprint density at radius 3 is 1.33 bits per heavy atom. The molecule has 0 radical (unpaired) electrons. The quantitative estimate of drug-likeness (QED) is 0.243. The molecule has 0 aliphatic carbocycles. The molecular formula is C35H40NO2P. The van der Waals surface area contributed by atoms with E-state index in [-0.39, 0.29) is 10.8 Å². The molecule has 0 saturated carbocycles. The summed E-state index contributed by atoms with van der Waals surface area (Å²) in [6.07, 6.45) is 0.764. The summed E-state index contributed by atoms with van der Waals surface area (Å²) in [5.74, 6) is 1.89. The van der Waals surface area contributed by atoms with Crippen molar-refractivity contribution in [2.24, 2.45) is 0 Å². The number of fused-ring (bicyclic) bond motifs is 2. The van der Waals surface area contributed by atoms with Gasteiger partial charge in [-0.2, -0.15) is 0 Å². The third kappa shape index (κ3) is 5.70. The number of benzene rings is 4. The predicted molar refractivity (Wildman–Crippen MR) is 166 cm³/mol. The summed E-state index contributed by atoms with van der Waals surface area (Å²) >= 11 is 0. The monoisotopic (exact) mass is 537 g/mol. The predicted octanol–water partition coefficient (Wildman–Crippen LogP) is 10.3. The molecule has 4 aromatic carbocycles. The van der Waals surface area contributed by atoms with Crippen LogP contribution in [0.2, 0.25) is 0 Å². The average Bonchev–Trinajstić information content (AvgIpc) is 2.85. The van der Waals surface area contributed by atoms with Crippen LogP contribution < -0.4 is 13.7 Å². The molecule has 1 aliphatic rings. The van der Waals surface area contributed by atoms with Crippen molar-refractivity contribution >= 4 is 19.9 Å².